The third-order valence-corrected chi connectivity index (χ3v) is 5.42. The maximum Gasteiger partial charge on any atom is 0.137 e. The number of hydrogen-bond donors (Lipinski definition) is 0. The Morgan fingerprint density at radius 3 is 2.13 bits per heavy atom. The lowest BCUT2D eigenvalue weighted by atomic mass is 9.99. The molecule has 0 N–H and O–H groups in total. The maximum atomic E-state index is 9.44. The van der Waals surface area contributed by atoms with Crippen LogP contribution in [0, 0.1) is 22.7 Å². The van der Waals surface area contributed by atoms with Crippen LogP contribution in [0.2, 0.25) is 0 Å². The standard InChI is InChI=1S/C25H26N4O/c1-4-28-13-14-29(5-2)24-16-25(30-3)20(15-23(24)28)11-12-22(21(17-26)18-27)19-9-7-6-8-10-19/h6-12,15-16H,4-5,13-14H2,1-3H3/b12-11+. The number of methoxy groups -OCH3 is 1. The summed E-state index contributed by atoms with van der Waals surface area (Å²) in [5.74, 6) is 0.768. The lowest BCUT2D eigenvalue weighted by molar-refractivity contribution is 0.413. The van der Waals surface area contributed by atoms with Crippen molar-refractivity contribution in [2.24, 2.45) is 0 Å². The minimum Gasteiger partial charge on any atom is -0.496 e. The molecule has 30 heavy (non-hydrogen) atoms. The van der Waals surface area contributed by atoms with Crippen LogP contribution in [-0.4, -0.2) is 33.3 Å². The second-order valence-electron chi connectivity index (χ2n) is 6.95. The van der Waals surface area contributed by atoms with E-state index in [9.17, 15) is 10.5 Å². The van der Waals surface area contributed by atoms with E-state index in [0.717, 1.165) is 43.1 Å². The number of allylic oxidation sites excluding steroid dienone is 3. The minimum absolute atomic E-state index is 0.0849. The van der Waals surface area contributed by atoms with Crippen LogP contribution < -0.4 is 14.5 Å². The van der Waals surface area contributed by atoms with Crippen LogP contribution in [0.5, 0.6) is 5.75 Å². The molecule has 0 bridgehead atoms. The van der Waals surface area contributed by atoms with Gasteiger partial charge in [-0.05, 0) is 25.5 Å². The first-order chi connectivity index (χ1) is 14.7. The Morgan fingerprint density at radius 1 is 1.00 bits per heavy atom. The van der Waals surface area contributed by atoms with E-state index >= 15 is 0 Å². The van der Waals surface area contributed by atoms with Crippen LogP contribution in [0.3, 0.4) is 0 Å². The molecule has 0 atom stereocenters. The highest BCUT2D eigenvalue weighted by Crippen LogP contribution is 2.39. The zero-order valence-corrected chi connectivity index (χ0v) is 17.7. The molecule has 0 saturated carbocycles. The largest absolute Gasteiger partial charge is 0.496 e. The molecular weight excluding hydrogens is 372 g/mol. The SMILES string of the molecule is CCN1CCN(CC)c2cc(OC)c(/C=C/C(=C(C#N)C#N)c3ccccc3)cc21. The summed E-state index contributed by atoms with van der Waals surface area (Å²) in [5, 5.41) is 18.9. The van der Waals surface area contributed by atoms with Crippen molar-refractivity contribution in [1.29, 1.82) is 10.5 Å². The third-order valence-electron chi connectivity index (χ3n) is 5.42. The van der Waals surface area contributed by atoms with Gasteiger partial charge in [0.25, 0.3) is 0 Å². The Kier molecular flexibility index (Phi) is 6.78. The number of benzene rings is 2. The van der Waals surface area contributed by atoms with Crippen LogP contribution in [0.1, 0.15) is 25.0 Å². The van der Waals surface area contributed by atoms with Crippen molar-refractivity contribution >= 4 is 23.0 Å². The number of anilines is 2. The van der Waals surface area contributed by atoms with Gasteiger partial charge in [0.1, 0.15) is 23.5 Å². The summed E-state index contributed by atoms with van der Waals surface area (Å²) in [6, 6.07) is 17.8. The number of hydrogen-bond acceptors (Lipinski definition) is 5. The second-order valence-corrected chi connectivity index (χ2v) is 6.95. The van der Waals surface area contributed by atoms with Gasteiger partial charge in [-0.1, -0.05) is 42.5 Å². The van der Waals surface area contributed by atoms with Crippen molar-refractivity contribution in [2.45, 2.75) is 13.8 Å². The molecule has 152 valence electrons. The van der Waals surface area contributed by atoms with Crippen LogP contribution in [0.15, 0.2) is 54.1 Å². The second kappa shape index (κ2) is 9.67. The van der Waals surface area contributed by atoms with Crippen molar-refractivity contribution in [3.8, 4) is 17.9 Å². The van der Waals surface area contributed by atoms with E-state index < -0.39 is 0 Å². The molecule has 0 fully saturated rings. The first kappa shape index (κ1) is 21.0. The molecule has 2 aromatic carbocycles. The van der Waals surface area contributed by atoms with Crippen molar-refractivity contribution < 1.29 is 4.74 Å². The van der Waals surface area contributed by atoms with Gasteiger partial charge >= 0.3 is 0 Å². The van der Waals surface area contributed by atoms with Gasteiger partial charge in [-0.2, -0.15) is 10.5 Å². The summed E-state index contributed by atoms with van der Waals surface area (Å²) in [6.45, 7) is 8.17. The van der Waals surface area contributed by atoms with Gasteiger partial charge in [-0.3, -0.25) is 0 Å². The fourth-order valence-corrected chi connectivity index (χ4v) is 3.79. The molecule has 3 rings (SSSR count). The Hall–Kier alpha value is -3.70. The molecule has 0 radical (unpaired) electrons. The van der Waals surface area contributed by atoms with Crippen LogP contribution >= 0.6 is 0 Å². The summed E-state index contributed by atoms with van der Waals surface area (Å²) >= 11 is 0. The van der Waals surface area contributed by atoms with Crippen LogP contribution in [0.25, 0.3) is 11.6 Å². The molecule has 0 amide bonds. The highest BCUT2D eigenvalue weighted by Gasteiger charge is 2.22. The molecule has 0 aliphatic carbocycles. The van der Waals surface area contributed by atoms with E-state index in [1.165, 1.54) is 11.4 Å². The molecule has 0 aromatic heterocycles. The molecule has 1 aliphatic heterocycles. The topological polar surface area (TPSA) is 63.3 Å². The normalized spacial score (nSPS) is 12.8. The smallest absolute Gasteiger partial charge is 0.137 e. The predicted molar refractivity (Wildman–Crippen MR) is 122 cm³/mol. The molecule has 2 aromatic rings. The first-order valence-electron chi connectivity index (χ1n) is 10.2. The molecule has 5 nitrogen and oxygen atoms in total. The van der Waals surface area contributed by atoms with Gasteiger partial charge < -0.3 is 14.5 Å². The molecule has 5 heteroatoms. The zero-order valence-electron chi connectivity index (χ0n) is 17.7. The number of nitrogens with zero attached hydrogens (tertiary/aromatic N) is 4. The van der Waals surface area contributed by atoms with Gasteiger partial charge in [-0.15, -0.1) is 0 Å². The summed E-state index contributed by atoms with van der Waals surface area (Å²) in [6.07, 6.45) is 3.76. The van der Waals surface area contributed by atoms with Gasteiger partial charge in [0.05, 0.1) is 18.5 Å². The number of fused-ring (bicyclic) bond motifs is 1. The number of nitriles is 2. The Balaban J connectivity index is 2.11. The Morgan fingerprint density at radius 2 is 1.60 bits per heavy atom. The highest BCUT2D eigenvalue weighted by atomic mass is 16.5. The van der Waals surface area contributed by atoms with Gasteiger partial charge in [0.2, 0.25) is 0 Å². The molecule has 1 aliphatic rings. The van der Waals surface area contributed by atoms with Crippen molar-refractivity contribution in [3.63, 3.8) is 0 Å². The first-order valence-corrected chi connectivity index (χ1v) is 10.2. The quantitative estimate of drug-likeness (QED) is 0.513. The van der Waals surface area contributed by atoms with E-state index in [-0.39, 0.29) is 5.57 Å². The summed E-state index contributed by atoms with van der Waals surface area (Å²) in [5.41, 5.74) is 4.78. The maximum absolute atomic E-state index is 9.44. The lowest BCUT2D eigenvalue weighted by Crippen LogP contribution is -2.41. The number of rotatable bonds is 6. The molecule has 0 saturated heterocycles. The molecular formula is C25H26N4O. The Bertz CT molecular complexity index is 1030. The average Bonchev–Trinajstić information content (AvgIpc) is 2.80. The monoisotopic (exact) mass is 398 g/mol. The number of likely N-dealkylation sites (N-methyl/N-ethyl adjacent to an activating group) is 2. The predicted octanol–water partition coefficient (Wildman–Crippen LogP) is 4.88. The number of ether oxygens (including phenoxy) is 1. The van der Waals surface area contributed by atoms with E-state index in [2.05, 4.69) is 35.8 Å². The van der Waals surface area contributed by atoms with Crippen molar-refractivity contribution in [3.05, 3.63) is 65.2 Å². The third kappa shape index (κ3) is 4.16. The van der Waals surface area contributed by atoms with E-state index in [0.29, 0.717) is 5.57 Å². The molecule has 0 unspecified atom stereocenters. The Labute approximate surface area is 178 Å². The summed E-state index contributed by atoms with van der Waals surface area (Å²) in [4.78, 5) is 4.72. The van der Waals surface area contributed by atoms with Crippen molar-refractivity contribution in [1.82, 2.24) is 0 Å². The van der Waals surface area contributed by atoms with E-state index in [1.54, 1.807) is 7.11 Å². The van der Waals surface area contributed by atoms with Crippen LogP contribution in [0.4, 0.5) is 11.4 Å². The fraction of sp³-hybridized carbons (Fsp3) is 0.280. The summed E-state index contributed by atoms with van der Waals surface area (Å²) in [7, 11) is 1.67. The molecule has 1 heterocycles. The highest BCUT2D eigenvalue weighted by molar-refractivity contribution is 5.87. The van der Waals surface area contributed by atoms with Gasteiger partial charge in [0.15, 0.2) is 0 Å². The average molecular weight is 399 g/mol. The zero-order chi connectivity index (χ0) is 21.5. The van der Waals surface area contributed by atoms with Crippen molar-refractivity contribution in [2.75, 3.05) is 43.1 Å². The van der Waals surface area contributed by atoms with Gasteiger partial charge in [0, 0.05) is 43.4 Å². The fourth-order valence-electron chi connectivity index (χ4n) is 3.79. The van der Waals surface area contributed by atoms with E-state index in [4.69, 9.17) is 4.74 Å². The molecule has 0 spiro atoms. The summed E-state index contributed by atoms with van der Waals surface area (Å²) < 4.78 is 5.68. The van der Waals surface area contributed by atoms with E-state index in [1.807, 2.05) is 54.6 Å². The minimum atomic E-state index is 0.0849. The van der Waals surface area contributed by atoms with Crippen LogP contribution in [-0.2, 0) is 0 Å². The van der Waals surface area contributed by atoms with Gasteiger partial charge in [-0.25, -0.2) is 0 Å². The lowest BCUT2D eigenvalue weighted by Gasteiger charge is -2.38.